The van der Waals surface area contributed by atoms with Gasteiger partial charge >= 0.3 is 0 Å². The molecule has 0 saturated carbocycles. The minimum atomic E-state index is 0.281. The summed E-state index contributed by atoms with van der Waals surface area (Å²) in [6.45, 7) is 1.71. The van der Waals surface area contributed by atoms with E-state index >= 15 is 0 Å². The van der Waals surface area contributed by atoms with Crippen LogP contribution in [-0.2, 0) is 0 Å². The van der Waals surface area contributed by atoms with Crippen LogP contribution in [-0.4, -0.2) is 29.1 Å². The van der Waals surface area contributed by atoms with Crippen LogP contribution >= 0.6 is 0 Å². The maximum absolute atomic E-state index is 8.90. The van der Waals surface area contributed by atoms with Crippen LogP contribution in [0.4, 0.5) is 5.82 Å². The van der Waals surface area contributed by atoms with Crippen molar-refractivity contribution in [1.29, 1.82) is 5.26 Å². The first-order valence-corrected chi connectivity index (χ1v) is 5.03. The van der Waals surface area contributed by atoms with Gasteiger partial charge in [-0.3, -0.25) is 0 Å². The molecule has 1 aliphatic heterocycles. The number of anilines is 1. The van der Waals surface area contributed by atoms with Crippen LogP contribution < -0.4 is 10.6 Å². The Bertz CT molecular complexity index is 376. The number of nitrogens with zero attached hydrogens (tertiary/aromatic N) is 4. The van der Waals surface area contributed by atoms with E-state index in [1.54, 1.807) is 6.20 Å². The Morgan fingerprint density at radius 1 is 1.33 bits per heavy atom. The molecule has 0 atom stereocenters. The molecule has 0 spiro atoms. The molecule has 2 rings (SSSR count). The van der Waals surface area contributed by atoms with Crippen LogP contribution in [0.2, 0.25) is 0 Å². The Morgan fingerprint density at radius 2 is 2.00 bits per heavy atom. The third kappa shape index (κ3) is 2.05. The highest BCUT2D eigenvalue weighted by Gasteiger charge is 2.19. The van der Waals surface area contributed by atoms with Gasteiger partial charge in [0.2, 0.25) is 0 Å². The molecule has 1 fully saturated rings. The monoisotopic (exact) mass is 203 g/mol. The lowest BCUT2D eigenvalue weighted by Gasteiger charge is -2.31. The molecule has 2 heterocycles. The Labute approximate surface area is 88.5 Å². The number of aromatic nitrogens is 2. The fraction of sp³-hybridized carbons (Fsp3) is 0.500. The standard InChI is InChI=1S/C10H13N5/c11-7-9-10(14-4-3-13-9)15-5-1-8(12)2-6-15/h3-4,8H,1-2,5-6,12H2. The largest absolute Gasteiger partial charge is 0.354 e. The zero-order valence-corrected chi connectivity index (χ0v) is 8.43. The summed E-state index contributed by atoms with van der Waals surface area (Å²) in [5.41, 5.74) is 6.21. The first-order chi connectivity index (χ1) is 7.31. The van der Waals surface area contributed by atoms with Gasteiger partial charge in [-0.05, 0) is 12.8 Å². The van der Waals surface area contributed by atoms with Crippen molar-refractivity contribution in [2.75, 3.05) is 18.0 Å². The van der Waals surface area contributed by atoms with E-state index in [1.807, 2.05) is 0 Å². The van der Waals surface area contributed by atoms with E-state index in [4.69, 9.17) is 11.0 Å². The summed E-state index contributed by atoms with van der Waals surface area (Å²) in [5.74, 6) is 0.687. The average molecular weight is 203 g/mol. The molecule has 5 nitrogen and oxygen atoms in total. The summed E-state index contributed by atoms with van der Waals surface area (Å²) >= 11 is 0. The molecule has 0 radical (unpaired) electrons. The molecule has 2 N–H and O–H groups in total. The smallest absolute Gasteiger partial charge is 0.183 e. The van der Waals surface area contributed by atoms with Crippen molar-refractivity contribution in [3.8, 4) is 6.07 Å². The zero-order valence-electron chi connectivity index (χ0n) is 8.43. The summed E-state index contributed by atoms with van der Waals surface area (Å²) in [6.07, 6.45) is 5.05. The fourth-order valence-electron chi connectivity index (χ4n) is 1.75. The van der Waals surface area contributed by atoms with Gasteiger partial charge in [-0.1, -0.05) is 0 Å². The van der Waals surface area contributed by atoms with Gasteiger partial charge in [0.15, 0.2) is 11.5 Å². The fourth-order valence-corrected chi connectivity index (χ4v) is 1.75. The molecule has 1 aromatic rings. The van der Waals surface area contributed by atoms with Gasteiger partial charge in [-0.15, -0.1) is 0 Å². The Morgan fingerprint density at radius 3 is 2.67 bits per heavy atom. The third-order valence-corrected chi connectivity index (χ3v) is 2.62. The lowest BCUT2D eigenvalue weighted by molar-refractivity contribution is 0.498. The Hall–Kier alpha value is -1.67. The first-order valence-electron chi connectivity index (χ1n) is 5.03. The zero-order chi connectivity index (χ0) is 10.7. The summed E-state index contributed by atoms with van der Waals surface area (Å²) in [5, 5.41) is 8.90. The van der Waals surface area contributed by atoms with Gasteiger partial charge in [0.05, 0.1) is 0 Å². The second-order valence-corrected chi connectivity index (χ2v) is 3.66. The number of nitrogens with two attached hydrogens (primary N) is 1. The van der Waals surface area contributed by atoms with Crippen molar-refractivity contribution in [1.82, 2.24) is 9.97 Å². The van der Waals surface area contributed by atoms with Gasteiger partial charge in [0, 0.05) is 31.5 Å². The molecule has 0 bridgehead atoms. The Balaban J connectivity index is 2.19. The minimum absolute atomic E-state index is 0.281. The molecule has 0 amide bonds. The van der Waals surface area contributed by atoms with Gasteiger partial charge in [0.1, 0.15) is 6.07 Å². The SMILES string of the molecule is N#Cc1nccnc1N1CCC(N)CC1. The summed E-state index contributed by atoms with van der Waals surface area (Å²) < 4.78 is 0. The quantitative estimate of drug-likeness (QED) is 0.709. The topological polar surface area (TPSA) is 78.8 Å². The van der Waals surface area contributed by atoms with Crippen LogP contribution in [0.5, 0.6) is 0 Å². The summed E-state index contributed by atoms with van der Waals surface area (Å²) in [4.78, 5) is 10.3. The van der Waals surface area contributed by atoms with E-state index < -0.39 is 0 Å². The number of hydrogen-bond donors (Lipinski definition) is 1. The van der Waals surface area contributed by atoms with Crippen molar-refractivity contribution in [3.05, 3.63) is 18.1 Å². The molecular weight excluding hydrogens is 190 g/mol. The molecule has 0 unspecified atom stereocenters. The highest BCUT2D eigenvalue weighted by Crippen LogP contribution is 2.18. The normalized spacial score (nSPS) is 17.5. The van der Waals surface area contributed by atoms with Crippen LogP contribution in [0, 0.1) is 11.3 Å². The molecule has 15 heavy (non-hydrogen) atoms. The van der Waals surface area contributed by atoms with Gasteiger partial charge in [-0.2, -0.15) is 5.26 Å². The highest BCUT2D eigenvalue weighted by atomic mass is 15.2. The van der Waals surface area contributed by atoms with Gasteiger partial charge < -0.3 is 10.6 Å². The maximum Gasteiger partial charge on any atom is 0.183 e. The van der Waals surface area contributed by atoms with E-state index in [9.17, 15) is 0 Å². The molecule has 0 aliphatic carbocycles. The average Bonchev–Trinajstić information content (AvgIpc) is 2.30. The number of piperidine rings is 1. The Kier molecular flexibility index (Phi) is 2.79. The second kappa shape index (κ2) is 4.24. The number of rotatable bonds is 1. The summed E-state index contributed by atoms with van der Waals surface area (Å²) in [7, 11) is 0. The van der Waals surface area contributed by atoms with Crippen molar-refractivity contribution >= 4 is 5.82 Å². The predicted molar refractivity (Wildman–Crippen MR) is 56.2 cm³/mol. The molecule has 5 heteroatoms. The van der Waals surface area contributed by atoms with Gasteiger partial charge in [0.25, 0.3) is 0 Å². The minimum Gasteiger partial charge on any atom is -0.354 e. The molecule has 0 aromatic carbocycles. The summed E-state index contributed by atoms with van der Waals surface area (Å²) in [6, 6.07) is 2.34. The molecular formula is C10H13N5. The third-order valence-electron chi connectivity index (χ3n) is 2.62. The van der Waals surface area contributed by atoms with Crippen LogP contribution in [0.1, 0.15) is 18.5 Å². The maximum atomic E-state index is 8.90. The van der Waals surface area contributed by atoms with Crippen LogP contribution in [0.15, 0.2) is 12.4 Å². The van der Waals surface area contributed by atoms with Crippen LogP contribution in [0.3, 0.4) is 0 Å². The first kappa shape index (κ1) is 9.87. The van der Waals surface area contributed by atoms with Crippen molar-refractivity contribution in [3.63, 3.8) is 0 Å². The lowest BCUT2D eigenvalue weighted by Crippen LogP contribution is -2.40. The highest BCUT2D eigenvalue weighted by molar-refractivity contribution is 5.49. The number of hydrogen-bond acceptors (Lipinski definition) is 5. The lowest BCUT2D eigenvalue weighted by atomic mass is 10.1. The van der Waals surface area contributed by atoms with Crippen molar-refractivity contribution in [2.45, 2.75) is 18.9 Å². The number of nitriles is 1. The van der Waals surface area contributed by atoms with E-state index in [1.165, 1.54) is 6.20 Å². The van der Waals surface area contributed by atoms with Crippen LogP contribution in [0.25, 0.3) is 0 Å². The molecule has 78 valence electrons. The van der Waals surface area contributed by atoms with E-state index in [-0.39, 0.29) is 6.04 Å². The van der Waals surface area contributed by atoms with E-state index in [0.29, 0.717) is 11.5 Å². The van der Waals surface area contributed by atoms with Crippen molar-refractivity contribution in [2.24, 2.45) is 5.73 Å². The van der Waals surface area contributed by atoms with Gasteiger partial charge in [-0.25, -0.2) is 9.97 Å². The molecule has 1 aromatic heterocycles. The molecule has 1 saturated heterocycles. The van der Waals surface area contributed by atoms with E-state index in [2.05, 4.69) is 20.9 Å². The van der Waals surface area contributed by atoms with Crippen molar-refractivity contribution < 1.29 is 0 Å². The molecule has 1 aliphatic rings. The van der Waals surface area contributed by atoms with E-state index in [0.717, 1.165) is 25.9 Å². The second-order valence-electron chi connectivity index (χ2n) is 3.66. The predicted octanol–water partition coefficient (Wildman–Crippen LogP) is 0.276.